The predicted octanol–water partition coefficient (Wildman–Crippen LogP) is 1.56. The van der Waals surface area contributed by atoms with Gasteiger partial charge in [0.2, 0.25) is 0 Å². The third-order valence-corrected chi connectivity index (χ3v) is 2.93. The molecule has 1 aromatic heterocycles. The molecule has 0 unspecified atom stereocenters. The van der Waals surface area contributed by atoms with Crippen molar-refractivity contribution in [3.63, 3.8) is 0 Å². The molecule has 0 aliphatic heterocycles. The lowest BCUT2D eigenvalue weighted by molar-refractivity contribution is 1.33. The quantitative estimate of drug-likeness (QED) is 0.485. The van der Waals surface area contributed by atoms with Crippen LogP contribution in [0.2, 0.25) is 0 Å². The molecule has 53 valence electrons. The number of halogens is 2. The molecule has 0 aliphatic rings. The van der Waals surface area contributed by atoms with E-state index in [0.717, 1.165) is 10.9 Å². The van der Waals surface area contributed by atoms with Gasteiger partial charge in [0.25, 0.3) is 0 Å². The number of aromatic nitrogens is 1. The highest BCUT2D eigenvalue weighted by molar-refractivity contribution is 7.39. The summed E-state index contributed by atoms with van der Waals surface area (Å²) in [7, 11) is -1.40. The molecule has 0 aromatic carbocycles. The number of aryl methyl sites for hydroxylation is 1. The standard InChI is InChI=1S/C6H6Cl2NSi/c1-5-2-3-9-6(4-5)10(7)8/h2-4H,1H3. The van der Waals surface area contributed by atoms with Crippen molar-refractivity contribution in [2.45, 2.75) is 6.92 Å². The Hall–Kier alpha value is -0.0531. The van der Waals surface area contributed by atoms with Gasteiger partial charge in [-0.2, -0.15) is 0 Å². The maximum atomic E-state index is 5.68. The molecule has 0 saturated carbocycles. The molecular weight excluding hydrogens is 185 g/mol. The van der Waals surface area contributed by atoms with Crippen molar-refractivity contribution < 1.29 is 0 Å². The van der Waals surface area contributed by atoms with E-state index in [1.165, 1.54) is 0 Å². The second-order valence-electron chi connectivity index (χ2n) is 1.98. The molecule has 0 spiro atoms. The van der Waals surface area contributed by atoms with Gasteiger partial charge in [0.05, 0.1) is 5.32 Å². The number of hydrogen-bond donors (Lipinski definition) is 0. The van der Waals surface area contributed by atoms with Crippen LogP contribution in [0.5, 0.6) is 0 Å². The molecule has 0 bridgehead atoms. The maximum absolute atomic E-state index is 5.68. The first-order valence-corrected chi connectivity index (χ1v) is 6.33. The van der Waals surface area contributed by atoms with Crippen molar-refractivity contribution in [1.82, 2.24) is 4.98 Å². The van der Waals surface area contributed by atoms with Crippen molar-refractivity contribution in [2.75, 3.05) is 0 Å². The molecule has 0 aliphatic carbocycles. The van der Waals surface area contributed by atoms with Crippen LogP contribution in [0.4, 0.5) is 0 Å². The van der Waals surface area contributed by atoms with E-state index in [2.05, 4.69) is 4.98 Å². The summed E-state index contributed by atoms with van der Waals surface area (Å²) in [5.41, 5.74) is 1.15. The fraction of sp³-hybridized carbons (Fsp3) is 0.167. The lowest BCUT2D eigenvalue weighted by Crippen LogP contribution is -2.21. The SMILES string of the molecule is Cc1ccnc([Si](Cl)Cl)c1. The van der Waals surface area contributed by atoms with Gasteiger partial charge < -0.3 is 0 Å². The molecule has 1 radical (unpaired) electrons. The summed E-state index contributed by atoms with van der Waals surface area (Å²) in [5.74, 6) is 0. The Morgan fingerprint density at radius 2 is 2.20 bits per heavy atom. The van der Waals surface area contributed by atoms with Crippen molar-refractivity contribution in [3.05, 3.63) is 23.9 Å². The molecular formula is C6H6Cl2NSi. The Labute approximate surface area is 71.0 Å². The molecule has 10 heavy (non-hydrogen) atoms. The zero-order valence-corrected chi connectivity index (χ0v) is 7.95. The van der Waals surface area contributed by atoms with Crippen LogP contribution in [0.25, 0.3) is 0 Å². The lowest BCUT2D eigenvalue weighted by Gasteiger charge is -1.97. The minimum absolute atomic E-state index is 0.813. The number of nitrogens with zero attached hydrogens (tertiary/aromatic N) is 1. The summed E-state index contributed by atoms with van der Waals surface area (Å²) in [5, 5.41) is 0.813. The second-order valence-corrected chi connectivity index (χ2v) is 5.86. The highest BCUT2D eigenvalue weighted by atomic mass is 35.7. The molecule has 1 rings (SSSR count). The van der Waals surface area contributed by atoms with Crippen LogP contribution in [-0.4, -0.2) is 12.4 Å². The summed E-state index contributed by atoms with van der Waals surface area (Å²) in [6.45, 7) is 1.99. The van der Waals surface area contributed by atoms with E-state index in [0.29, 0.717) is 0 Å². The monoisotopic (exact) mass is 190 g/mol. The summed E-state index contributed by atoms with van der Waals surface area (Å²) in [6.07, 6.45) is 1.72. The summed E-state index contributed by atoms with van der Waals surface area (Å²) in [6, 6.07) is 3.83. The highest BCUT2D eigenvalue weighted by Gasteiger charge is 2.07. The molecule has 1 heterocycles. The van der Waals surface area contributed by atoms with Gasteiger partial charge in [-0.25, -0.2) is 0 Å². The van der Waals surface area contributed by atoms with E-state index in [1.54, 1.807) is 6.20 Å². The normalized spacial score (nSPS) is 10.4. The minimum atomic E-state index is -1.40. The first-order valence-electron chi connectivity index (χ1n) is 2.81. The van der Waals surface area contributed by atoms with Crippen LogP contribution >= 0.6 is 22.2 Å². The first-order chi connectivity index (χ1) is 4.70. The molecule has 0 amide bonds. The first kappa shape index (κ1) is 8.05. The van der Waals surface area contributed by atoms with Gasteiger partial charge in [0.15, 0.2) is 0 Å². The number of hydrogen-bond acceptors (Lipinski definition) is 1. The van der Waals surface area contributed by atoms with E-state index in [4.69, 9.17) is 22.2 Å². The van der Waals surface area contributed by atoms with Gasteiger partial charge in [0.1, 0.15) is 0 Å². The smallest absolute Gasteiger partial charge is 0.263 e. The highest BCUT2D eigenvalue weighted by Crippen LogP contribution is 1.97. The Morgan fingerprint density at radius 1 is 1.50 bits per heavy atom. The number of pyridine rings is 1. The maximum Gasteiger partial charge on any atom is 0.325 e. The van der Waals surface area contributed by atoms with Crippen LogP contribution in [0.15, 0.2) is 18.3 Å². The van der Waals surface area contributed by atoms with Crippen LogP contribution < -0.4 is 5.32 Å². The van der Waals surface area contributed by atoms with Gasteiger partial charge >= 0.3 is 7.42 Å². The minimum Gasteiger partial charge on any atom is -0.263 e. The fourth-order valence-corrected chi connectivity index (χ4v) is 1.77. The Morgan fingerprint density at radius 3 is 2.60 bits per heavy atom. The topological polar surface area (TPSA) is 12.9 Å². The molecule has 0 atom stereocenters. The van der Waals surface area contributed by atoms with Gasteiger partial charge in [0, 0.05) is 6.20 Å². The van der Waals surface area contributed by atoms with Crippen LogP contribution in [0.1, 0.15) is 5.56 Å². The Kier molecular flexibility index (Phi) is 2.71. The average Bonchev–Trinajstić information content (AvgIpc) is 1.88. The zero-order chi connectivity index (χ0) is 7.56. The molecule has 1 aromatic rings. The van der Waals surface area contributed by atoms with E-state index in [1.807, 2.05) is 19.1 Å². The van der Waals surface area contributed by atoms with E-state index < -0.39 is 7.42 Å². The van der Waals surface area contributed by atoms with Crippen molar-refractivity contribution in [3.8, 4) is 0 Å². The fourth-order valence-electron chi connectivity index (χ4n) is 0.640. The molecule has 1 nitrogen and oxygen atoms in total. The zero-order valence-electron chi connectivity index (χ0n) is 5.44. The van der Waals surface area contributed by atoms with Gasteiger partial charge in [-0.15, -0.1) is 22.2 Å². The van der Waals surface area contributed by atoms with Crippen LogP contribution in [0.3, 0.4) is 0 Å². The van der Waals surface area contributed by atoms with Gasteiger partial charge in [-0.05, 0) is 24.6 Å². The summed E-state index contributed by atoms with van der Waals surface area (Å²) >= 11 is 11.4. The van der Waals surface area contributed by atoms with Crippen LogP contribution in [0, 0.1) is 6.92 Å². The van der Waals surface area contributed by atoms with Crippen molar-refractivity contribution in [2.24, 2.45) is 0 Å². The third kappa shape index (κ3) is 1.97. The van der Waals surface area contributed by atoms with Crippen molar-refractivity contribution in [1.29, 1.82) is 0 Å². The van der Waals surface area contributed by atoms with Crippen LogP contribution in [-0.2, 0) is 0 Å². The molecule has 0 N–H and O–H groups in total. The molecule has 4 heteroatoms. The largest absolute Gasteiger partial charge is 0.325 e. The third-order valence-electron chi connectivity index (χ3n) is 1.11. The van der Waals surface area contributed by atoms with E-state index in [-0.39, 0.29) is 0 Å². The predicted molar refractivity (Wildman–Crippen MR) is 46.1 cm³/mol. The lowest BCUT2D eigenvalue weighted by atomic mass is 10.3. The van der Waals surface area contributed by atoms with E-state index >= 15 is 0 Å². The molecule has 0 fully saturated rings. The number of rotatable bonds is 1. The Balaban J connectivity index is 2.96. The summed E-state index contributed by atoms with van der Waals surface area (Å²) < 4.78 is 0. The second kappa shape index (κ2) is 3.37. The molecule has 0 saturated heterocycles. The Bertz CT molecular complexity index is 227. The van der Waals surface area contributed by atoms with E-state index in [9.17, 15) is 0 Å². The average molecular weight is 191 g/mol. The summed E-state index contributed by atoms with van der Waals surface area (Å²) in [4.78, 5) is 4.02. The van der Waals surface area contributed by atoms with Gasteiger partial charge in [-0.1, -0.05) is 0 Å². The van der Waals surface area contributed by atoms with Gasteiger partial charge in [-0.3, -0.25) is 4.98 Å². The van der Waals surface area contributed by atoms with Crippen molar-refractivity contribution >= 4 is 34.9 Å².